The molecule has 0 rings (SSSR count). The Kier molecular flexibility index (Phi) is 6.27. The van der Waals surface area contributed by atoms with E-state index in [9.17, 15) is 20.4 Å². The van der Waals surface area contributed by atoms with Crippen molar-refractivity contribution in [2.45, 2.75) is 58.0 Å². The molecule has 0 bridgehead atoms. The molecule has 0 unspecified atom stereocenters. The first-order chi connectivity index (χ1) is 6.40. The normalized spacial score (nSPS) is 20.6. The zero-order valence-corrected chi connectivity index (χ0v) is 9.09. The maximum Gasteiger partial charge on any atom is 0.108 e. The molecule has 0 aliphatic heterocycles. The Balaban J connectivity index is 4.09. The molecule has 0 aliphatic rings. The SMILES string of the molecule is CC[C@H](O)[C@@H](O)[C@H](O)[C@H](O)CC(C)C. The molecule has 14 heavy (non-hydrogen) atoms. The minimum Gasteiger partial charge on any atom is -0.390 e. The minimum atomic E-state index is -1.27. The summed E-state index contributed by atoms with van der Waals surface area (Å²) in [5.74, 6) is 0.241. The zero-order chi connectivity index (χ0) is 11.3. The smallest absolute Gasteiger partial charge is 0.108 e. The highest BCUT2D eigenvalue weighted by molar-refractivity contribution is 4.80. The van der Waals surface area contributed by atoms with Crippen molar-refractivity contribution >= 4 is 0 Å². The molecule has 0 spiro atoms. The lowest BCUT2D eigenvalue weighted by molar-refractivity contribution is -0.109. The van der Waals surface area contributed by atoms with Gasteiger partial charge in [0.05, 0.1) is 12.2 Å². The lowest BCUT2D eigenvalue weighted by atomic mass is 9.95. The van der Waals surface area contributed by atoms with Crippen LogP contribution in [0.4, 0.5) is 0 Å². The third kappa shape index (κ3) is 4.37. The van der Waals surface area contributed by atoms with E-state index in [1.54, 1.807) is 6.92 Å². The molecule has 4 heteroatoms. The predicted molar refractivity (Wildman–Crippen MR) is 53.8 cm³/mol. The van der Waals surface area contributed by atoms with Gasteiger partial charge < -0.3 is 20.4 Å². The van der Waals surface area contributed by atoms with Crippen LogP contribution in [-0.4, -0.2) is 44.8 Å². The van der Waals surface area contributed by atoms with Gasteiger partial charge in [-0.3, -0.25) is 0 Å². The second-order valence-electron chi connectivity index (χ2n) is 4.15. The topological polar surface area (TPSA) is 80.9 Å². The Hall–Kier alpha value is -0.160. The van der Waals surface area contributed by atoms with Gasteiger partial charge in [-0.15, -0.1) is 0 Å². The number of aliphatic hydroxyl groups excluding tert-OH is 4. The molecule has 86 valence electrons. The Bertz CT molecular complexity index is 149. The summed E-state index contributed by atoms with van der Waals surface area (Å²) in [6.45, 7) is 5.53. The van der Waals surface area contributed by atoms with Gasteiger partial charge in [-0.2, -0.15) is 0 Å². The molecule has 4 N–H and O–H groups in total. The van der Waals surface area contributed by atoms with Gasteiger partial charge in [-0.25, -0.2) is 0 Å². The Labute approximate surface area is 85.2 Å². The highest BCUT2D eigenvalue weighted by Crippen LogP contribution is 2.13. The van der Waals surface area contributed by atoms with E-state index in [2.05, 4.69) is 0 Å². The molecule has 0 saturated heterocycles. The van der Waals surface area contributed by atoms with E-state index < -0.39 is 24.4 Å². The van der Waals surface area contributed by atoms with Gasteiger partial charge in [0, 0.05) is 0 Å². The fourth-order valence-corrected chi connectivity index (χ4v) is 1.32. The Morgan fingerprint density at radius 2 is 1.29 bits per heavy atom. The lowest BCUT2D eigenvalue weighted by Crippen LogP contribution is -2.44. The molecular formula is C10H22O4. The van der Waals surface area contributed by atoms with Gasteiger partial charge in [-0.05, 0) is 18.8 Å². The van der Waals surface area contributed by atoms with Gasteiger partial charge in [0.1, 0.15) is 12.2 Å². The summed E-state index contributed by atoms with van der Waals surface area (Å²) in [4.78, 5) is 0. The maximum absolute atomic E-state index is 9.48. The molecule has 4 atom stereocenters. The molecule has 0 radical (unpaired) electrons. The van der Waals surface area contributed by atoms with Crippen LogP contribution in [0.25, 0.3) is 0 Å². The zero-order valence-electron chi connectivity index (χ0n) is 9.09. The van der Waals surface area contributed by atoms with Crippen molar-refractivity contribution in [2.24, 2.45) is 5.92 Å². The van der Waals surface area contributed by atoms with E-state index in [0.29, 0.717) is 12.8 Å². The van der Waals surface area contributed by atoms with Crippen molar-refractivity contribution in [3.8, 4) is 0 Å². The minimum absolute atomic E-state index is 0.241. The van der Waals surface area contributed by atoms with Crippen LogP contribution in [0, 0.1) is 5.92 Å². The summed E-state index contributed by atoms with van der Waals surface area (Å²) in [5, 5.41) is 37.6. The first-order valence-corrected chi connectivity index (χ1v) is 5.12. The molecule has 4 nitrogen and oxygen atoms in total. The summed E-state index contributed by atoms with van der Waals surface area (Å²) in [5.41, 5.74) is 0. The van der Waals surface area contributed by atoms with Crippen LogP contribution in [0.1, 0.15) is 33.6 Å². The van der Waals surface area contributed by atoms with Crippen molar-refractivity contribution in [3.05, 3.63) is 0 Å². The number of rotatable bonds is 6. The summed E-state index contributed by atoms with van der Waals surface area (Å²) >= 11 is 0. The van der Waals surface area contributed by atoms with Crippen LogP contribution in [0.2, 0.25) is 0 Å². The fraction of sp³-hybridized carbons (Fsp3) is 1.00. The van der Waals surface area contributed by atoms with Crippen LogP contribution >= 0.6 is 0 Å². The molecule has 0 saturated carbocycles. The van der Waals surface area contributed by atoms with E-state index in [0.717, 1.165) is 0 Å². The highest BCUT2D eigenvalue weighted by Gasteiger charge is 2.29. The third-order valence-electron chi connectivity index (χ3n) is 2.27. The Morgan fingerprint density at radius 3 is 1.64 bits per heavy atom. The first-order valence-electron chi connectivity index (χ1n) is 5.12. The van der Waals surface area contributed by atoms with E-state index in [1.165, 1.54) is 0 Å². The second kappa shape index (κ2) is 6.35. The van der Waals surface area contributed by atoms with E-state index in [1.807, 2.05) is 13.8 Å². The van der Waals surface area contributed by atoms with Crippen LogP contribution in [0.5, 0.6) is 0 Å². The second-order valence-corrected chi connectivity index (χ2v) is 4.15. The first kappa shape index (κ1) is 13.8. The van der Waals surface area contributed by atoms with Gasteiger partial charge in [-0.1, -0.05) is 20.8 Å². The number of hydrogen-bond donors (Lipinski definition) is 4. The van der Waals surface area contributed by atoms with Crippen LogP contribution < -0.4 is 0 Å². The van der Waals surface area contributed by atoms with Crippen LogP contribution in [0.15, 0.2) is 0 Å². The average molecular weight is 206 g/mol. The summed E-state index contributed by atoms with van der Waals surface area (Å²) in [6.07, 6.45) is -3.74. The van der Waals surface area contributed by atoms with Gasteiger partial charge in [0.15, 0.2) is 0 Å². The largest absolute Gasteiger partial charge is 0.390 e. The molecule has 0 heterocycles. The molecule has 0 aromatic heterocycles. The third-order valence-corrected chi connectivity index (χ3v) is 2.27. The van der Waals surface area contributed by atoms with E-state index in [-0.39, 0.29) is 5.92 Å². The number of hydrogen-bond acceptors (Lipinski definition) is 4. The van der Waals surface area contributed by atoms with Gasteiger partial charge in [0.25, 0.3) is 0 Å². The van der Waals surface area contributed by atoms with Crippen molar-refractivity contribution in [3.63, 3.8) is 0 Å². The molecule has 0 amide bonds. The van der Waals surface area contributed by atoms with Crippen LogP contribution in [-0.2, 0) is 0 Å². The van der Waals surface area contributed by atoms with Crippen molar-refractivity contribution < 1.29 is 20.4 Å². The summed E-state index contributed by atoms with van der Waals surface area (Å²) in [7, 11) is 0. The molecule has 0 fully saturated rings. The summed E-state index contributed by atoms with van der Waals surface area (Å²) in [6, 6.07) is 0. The highest BCUT2D eigenvalue weighted by atomic mass is 16.4. The molecule has 0 aliphatic carbocycles. The average Bonchev–Trinajstić information content (AvgIpc) is 2.13. The lowest BCUT2D eigenvalue weighted by Gasteiger charge is -2.26. The monoisotopic (exact) mass is 206 g/mol. The van der Waals surface area contributed by atoms with Crippen molar-refractivity contribution in [1.82, 2.24) is 0 Å². The quantitative estimate of drug-likeness (QED) is 0.488. The van der Waals surface area contributed by atoms with E-state index in [4.69, 9.17) is 0 Å². The fourth-order valence-electron chi connectivity index (χ4n) is 1.32. The molecule has 0 aromatic rings. The van der Waals surface area contributed by atoms with Crippen molar-refractivity contribution in [1.29, 1.82) is 0 Å². The predicted octanol–water partition coefficient (Wildman–Crippen LogP) is -0.114. The van der Waals surface area contributed by atoms with Gasteiger partial charge in [0.2, 0.25) is 0 Å². The van der Waals surface area contributed by atoms with E-state index >= 15 is 0 Å². The molecule has 0 aromatic carbocycles. The van der Waals surface area contributed by atoms with Gasteiger partial charge >= 0.3 is 0 Å². The van der Waals surface area contributed by atoms with Crippen molar-refractivity contribution in [2.75, 3.05) is 0 Å². The number of aliphatic hydroxyl groups is 4. The maximum atomic E-state index is 9.48. The Morgan fingerprint density at radius 1 is 0.857 bits per heavy atom. The molecular weight excluding hydrogens is 184 g/mol. The standard InChI is InChI=1S/C10H22O4/c1-4-7(11)9(13)10(14)8(12)5-6(2)3/h6-14H,4-5H2,1-3H3/t7-,8+,9+,10+/m0/s1. The van der Waals surface area contributed by atoms with Crippen LogP contribution in [0.3, 0.4) is 0 Å². The summed E-state index contributed by atoms with van der Waals surface area (Å²) < 4.78 is 0.